The number of piperidine rings is 1. The molecule has 1 saturated heterocycles. The van der Waals surface area contributed by atoms with Crippen LogP contribution in [0.3, 0.4) is 0 Å². The molecule has 2 N–H and O–H groups in total. The molecule has 0 aromatic carbocycles. The van der Waals surface area contributed by atoms with Gasteiger partial charge >= 0.3 is 0 Å². The maximum absolute atomic E-state index is 12.1. The van der Waals surface area contributed by atoms with Gasteiger partial charge in [-0.2, -0.15) is 5.21 Å². The summed E-state index contributed by atoms with van der Waals surface area (Å²) < 4.78 is 0. The highest BCUT2D eigenvalue weighted by atomic mass is 16.2. The van der Waals surface area contributed by atoms with E-state index >= 15 is 0 Å². The molecule has 8 nitrogen and oxygen atoms in total. The highest BCUT2D eigenvalue weighted by Gasteiger charge is 2.27. The fourth-order valence-electron chi connectivity index (χ4n) is 2.46. The number of likely N-dealkylation sites (tertiary alicyclic amines) is 1. The van der Waals surface area contributed by atoms with E-state index in [0.29, 0.717) is 31.9 Å². The first kappa shape index (κ1) is 15.4. The smallest absolute Gasteiger partial charge is 0.225 e. The molecule has 0 radical (unpaired) electrons. The SMILES string of the molecule is CC(C)C(=O)N1CCC(C(=O)NCCc2nn[nH]n2)CC1. The lowest BCUT2D eigenvalue weighted by atomic mass is 9.95. The summed E-state index contributed by atoms with van der Waals surface area (Å²) in [7, 11) is 0. The van der Waals surface area contributed by atoms with E-state index in [2.05, 4.69) is 25.9 Å². The van der Waals surface area contributed by atoms with Gasteiger partial charge in [0.15, 0.2) is 5.82 Å². The van der Waals surface area contributed by atoms with Gasteiger partial charge in [0.2, 0.25) is 11.8 Å². The van der Waals surface area contributed by atoms with Crippen LogP contribution in [0.4, 0.5) is 0 Å². The Kier molecular flexibility index (Phi) is 5.24. The molecule has 1 fully saturated rings. The molecule has 2 rings (SSSR count). The summed E-state index contributed by atoms with van der Waals surface area (Å²) in [5, 5.41) is 16.4. The van der Waals surface area contributed by atoms with Gasteiger partial charge in [-0.05, 0) is 12.8 Å². The lowest BCUT2D eigenvalue weighted by Gasteiger charge is -2.32. The zero-order valence-electron chi connectivity index (χ0n) is 12.5. The Morgan fingerprint density at radius 1 is 1.38 bits per heavy atom. The normalized spacial score (nSPS) is 16.2. The molecule has 116 valence electrons. The van der Waals surface area contributed by atoms with Crippen molar-refractivity contribution in [2.45, 2.75) is 33.1 Å². The summed E-state index contributed by atoms with van der Waals surface area (Å²) in [5.41, 5.74) is 0. The molecule has 1 aromatic rings. The molecule has 2 amide bonds. The van der Waals surface area contributed by atoms with E-state index in [1.165, 1.54) is 0 Å². The van der Waals surface area contributed by atoms with Crippen LogP contribution in [0.2, 0.25) is 0 Å². The van der Waals surface area contributed by atoms with Crippen LogP contribution in [0.25, 0.3) is 0 Å². The minimum absolute atomic E-state index is 0.00789. The highest BCUT2D eigenvalue weighted by molar-refractivity contribution is 5.80. The van der Waals surface area contributed by atoms with E-state index in [4.69, 9.17) is 0 Å². The maximum Gasteiger partial charge on any atom is 0.225 e. The van der Waals surface area contributed by atoms with Crippen LogP contribution in [0, 0.1) is 11.8 Å². The van der Waals surface area contributed by atoms with Gasteiger partial charge in [-0.3, -0.25) is 9.59 Å². The number of rotatable bonds is 5. The minimum atomic E-state index is -0.00789. The minimum Gasteiger partial charge on any atom is -0.355 e. The van der Waals surface area contributed by atoms with Gasteiger partial charge < -0.3 is 10.2 Å². The van der Waals surface area contributed by atoms with Crippen LogP contribution in [0.1, 0.15) is 32.5 Å². The molecule has 0 spiro atoms. The number of aromatic amines is 1. The van der Waals surface area contributed by atoms with Gasteiger partial charge in [-0.1, -0.05) is 19.1 Å². The topological polar surface area (TPSA) is 104 Å². The Labute approximate surface area is 123 Å². The zero-order valence-corrected chi connectivity index (χ0v) is 12.5. The number of hydrogen-bond donors (Lipinski definition) is 2. The lowest BCUT2D eigenvalue weighted by molar-refractivity contribution is -0.138. The molecule has 21 heavy (non-hydrogen) atoms. The van der Waals surface area contributed by atoms with Gasteiger partial charge in [-0.15, -0.1) is 10.2 Å². The first-order chi connectivity index (χ1) is 10.1. The average molecular weight is 294 g/mol. The van der Waals surface area contributed by atoms with Crippen LogP contribution in [0.15, 0.2) is 0 Å². The van der Waals surface area contributed by atoms with E-state index in [1.807, 2.05) is 18.7 Å². The van der Waals surface area contributed by atoms with Gasteiger partial charge in [0.25, 0.3) is 0 Å². The summed E-state index contributed by atoms with van der Waals surface area (Å²) in [4.78, 5) is 25.8. The molecule has 0 aliphatic carbocycles. The quantitative estimate of drug-likeness (QED) is 0.779. The monoisotopic (exact) mass is 294 g/mol. The van der Waals surface area contributed by atoms with Crippen molar-refractivity contribution in [3.63, 3.8) is 0 Å². The molecule has 8 heteroatoms. The predicted octanol–water partition coefficient (Wildman–Crippen LogP) is -0.247. The first-order valence-electron chi connectivity index (χ1n) is 7.36. The van der Waals surface area contributed by atoms with Crippen LogP contribution < -0.4 is 5.32 Å². The molecular formula is C13H22N6O2. The van der Waals surface area contributed by atoms with Crippen LogP contribution in [0.5, 0.6) is 0 Å². The van der Waals surface area contributed by atoms with Crippen molar-refractivity contribution in [1.82, 2.24) is 30.8 Å². The number of H-pyrrole nitrogens is 1. The Morgan fingerprint density at radius 2 is 2.10 bits per heavy atom. The third-order valence-corrected chi connectivity index (χ3v) is 3.71. The van der Waals surface area contributed by atoms with E-state index in [-0.39, 0.29) is 23.7 Å². The van der Waals surface area contributed by atoms with E-state index in [0.717, 1.165) is 12.8 Å². The highest BCUT2D eigenvalue weighted by Crippen LogP contribution is 2.18. The molecule has 0 atom stereocenters. The second-order valence-corrected chi connectivity index (χ2v) is 5.62. The fourth-order valence-corrected chi connectivity index (χ4v) is 2.46. The standard InChI is InChI=1S/C13H22N6O2/c1-9(2)13(21)19-7-4-10(5-8-19)12(20)14-6-3-11-15-17-18-16-11/h9-10H,3-8H2,1-2H3,(H,14,20)(H,15,16,17,18). The van der Waals surface area contributed by atoms with Crippen LogP contribution in [-0.2, 0) is 16.0 Å². The number of nitrogens with zero attached hydrogens (tertiary/aromatic N) is 4. The summed E-state index contributed by atoms with van der Waals surface area (Å²) in [6.45, 7) is 5.64. The Morgan fingerprint density at radius 3 is 2.67 bits per heavy atom. The maximum atomic E-state index is 12.1. The molecule has 1 aliphatic rings. The Bertz CT molecular complexity index is 465. The van der Waals surface area contributed by atoms with Gasteiger partial charge in [0.05, 0.1) is 0 Å². The fraction of sp³-hybridized carbons (Fsp3) is 0.769. The molecule has 0 saturated carbocycles. The number of hydrogen-bond acceptors (Lipinski definition) is 5. The third kappa shape index (κ3) is 4.24. The number of carbonyl (C=O) groups is 2. The molecule has 2 heterocycles. The molecular weight excluding hydrogens is 272 g/mol. The van der Waals surface area contributed by atoms with Crippen molar-refractivity contribution >= 4 is 11.8 Å². The summed E-state index contributed by atoms with van der Waals surface area (Å²) in [5.74, 6) is 0.825. The van der Waals surface area contributed by atoms with Crippen molar-refractivity contribution in [3.8, 4) is 0 Å². The number of amides is 2. The second kappa shape index (κ2) is 7.14. The molecule has 1 aliphatic heterocycles. The summed E-state index contributed by atoms with van der Waals surface area (Å²) in [6, 6.07) is 0. The van der Waals surface area contributed by atoms with Gasteiger partial charge in [0.1, 0.15) is 0 Å². The Balaban J connectivity index is 1.69. The van der Waals surface area contributed by atoms with E-state index in [9.17, 15) is 9.59 Å². The van der Waals surface area contributed by atoms with E-state index in [1.54, 1.807) is 0 Å². The second-order valence-electron chi connectivity index (χ2n) is 5.62. The summed E-state index contributed by atoms with van der Waals surface area (Å²) in [6.07, 6.45) is 2.02. The molecule has 0 bridgehead atoms. The molecule has 0 unspecified atom stereocenters. The number of nitrogens with one attached hydrogen (secondary N) is 2. The number of carbonyl (C=O) groups excluding carboxylic acids is 2. The largest absolute Gasteiger partial charge is 0.355 e. The summed E-state index contributed by atoms with van der Waals surface area (Å²) >= 11 is 0. The van der Waals surface area contributed by atoms with E-state index < -0.39 is 0 Å². The predicted molar refractivity (Wildman–Crippen MR) is 75.0 cm³/mol. The Hall–Kier alpha value is -1.99. The van der Waals surface area contributed by atoms with Crippen molar-refractivity contribution in [1.29, 1.82) is 0 Å². The average Bonchev–Trinajstić information content (AvgIpc) is 2.99. The van der Waals surface area contributed by atoms with Gasteiger partial charge in [-0.25, -0.2) is 0 Å². The van der Waals surface area contributed by atoms with Crippen molar-refractivity contribution < 1.29 is 9.59 Å². The van der Waals surface area contributed by atoms with Gasteiger partial charge in [0, 0.05) is 37.9 Å². The number of tetrazole rings is 1. The number of aromatic nitrogens is 4. The molecule has 1 aromatic heterocycles. The lowest BCUT2D eigenvalue weighted by Crippen LogP contribution is -2.44. The van der Waals surface area contributed by atoms with Crippen molar-refractivity contribution in [3.05, 3.63) is 5.82 Å². The van der Waals surface area contributed by atoms with Crippen molar-refractivity contribution in [2.75, 3.05) is 19.6 Å². The zero-order chi connectivity index (χ0) is 15.2. The first-order valence-corrected chi connectivity index (χ1v) is 7.36. The van der Waals surface area contributed by atoms with Crippen molar-refractivity contribution in [2.24, 2.45) is 11.8 Å². The van der Waals surface area contributed by atoms with Crippen LogP contribution >= 0.6 is 0 Å². The third-order valence-electron chi connectivity index (χ3n) is 3.71. The van der Waals surface area contributed by atoms with Crippen LogP contribution in [-0.4, -0.2) is 57.0 Å².